The fourth-order valence-corrected chi connectivity index (χ4v) is 2.85. The first kappa shape index (κ1) is 19.7. The largest absolute Gasteiger partial charge is 0.496 e. The minimum Gasteiger partial charge on any atom is -0.496 e. The number of hydrogen-bond donors (Lipinski definition) is 1. The Bertz CT molecular complexity index is 742. The Balaban J connectivity index is 2.45. The molecule has 5 nitrogen and oxygen atoms in total. The highest BCUT2D eigenvalue weighted by atomic mass is 16.5. The molecule has 0 atom stereocenters. The first-order chi connectivity index (χ1) is 12.6. The van der Waals surface area contributed by atoms with Crippen molar-refractivity contribution in [1.29, 1.82) is 0 Å². The van der Waals surface area contributed by atoms with Crippen LogP contribution in [0.4, 0.5) is 0 Å². The Hall–Kier alpha value is -2.66. The molecule has 0 saturated heterocycles. The van der Waals surface area contributed by atoms with Gasteiger partial charge in [0.2, 0.25) is 5.75 Å². The Morgan fingerprint density at radius 3 is 1.96 bits per heavy atom. The van der Waals surface area contributed by atoms with E-state index < -0.39 is 0 Å². The van der Waals surface area contributed by atoms with Crippen LogP contribution in [0.15, 0.2) is 36.9 Å². The number of aliphatic hydroxyl groups excluding tert-OH is 1. The van der Waals surface area contributed by atoms with Crippen molar-refractivity contribution in [2.24, 2.45) is 0 Å². The molecule has 5 heteroatoms. The number of methoxy groups -OCH3 is 4. The molecule has 0 aliphatic carbocycles. The van der Waals surface area contributed by atoms with Gasteiger partial charge in [-0.15, -0.1) is 0 Å². The summed E-state index contributed by atoms with van der Waals surface area (Å²) in [5, 5.41) is 9.11. The molecule has 0 aromatic heterocycles. The molecule has 0 radical (unpaired) electrons. The third-order valence-electron chi connectivity index (χ3n) is 4.25. The lowest BCUT2D eigenvalue weighted by molar-refractivity contribution is 0.287. The molecule has 0 heterocycles. The van der Waals surface area contributed by atoms with Crippen LogP contribution in [0.2, 0.25) is 0 Å². The maximum Gasteiger partial charge on any atom is 0.203 e. The van der Waals surface area contributed by atoms with Gasteiger partial charge in [0.05, 0.1) is 28.4 Å². The van der Waals surface area contributed by atoms with Crippen LogP contribution in [-0.4, -0.2) is 40.2 Å². The monoisotopic (exact) mass is 358 g/mol. The van der Waals surface area contributed by atoms with E-state index in [0.29, 0.717) is 23.7 Å². The SMILES string of the molecule is C=C(c1ccc(OC)c(CCCO)c1)c1cc(OC)c(OC)c(OC)c1. The molecule has 26 heavy (non-hydrogen) atoms. The van der Waals surface area contributed by atoms with Crippen molar-refractivity contribution in [3.8, 4) is 23.0 Å². The smallest absolute Gasteiger partial charge is 0.203 e. The maximum absolute atomic E-state index is 9.11. The van der Waals surface area contributed by atoms with Gasteiger partial charge in [-0.2, -0.15) is 0 Å². The first-order valence-electron chi connectivity index (χ1n) is 8.37. The van der Waals surface area contributed by atoms with Crippen LogP contribution < -0.4 is 18.9 Å². The summed E-state index contributed by atoms with van der Waals surface area (Å²) in [6.45, 7) is 4.38. The number of rotatable bonds is 9. The van der Waals surface area contributed by atoms with Crippen LogP contribution >= 0.6 is 0 Å². The van der Waals surface area contributed by atoms with Gasteiger partial charge in [-0.1, -0.05) is 12.6 Å². The van der Waals surface area contributed by atoms with Crippen LogP contribution in [0.5, 0.6) is 23.0 Å². The third-order valence-corrected chi connectivity index (χ3v) is 4.25. The van der Waals surface area contributed by atoms with Crippen molar-refractivity contribution in [3.05, 3.63) is 53.6 Å². The average molecular weight is 358 g/mol. The molecule has 0 bridgehead atoms. The summed E-state index contributed by atoms with van der Waals surface area (Å²) in [5.74, 6) is 2.51. The zero-order valence-corrected chi connectivity index (χ0v) is 15.8. The number of aryl methyl sites for hydroxylation is 1. The van der Waals surface area contributed by atoms with E-state index >= 15 is 0 Å². The lowest BCUT2D eigenvalue weighted by atomic mass is 9.95. The van der Waals surface area contributed by atoms with E-state index in [4.69, 9.17) is 24.1 Å². The van der Waals surface area contributed by atoms with Gasteiger partial charge in [-0.25, -0.2) is 0 Å². The zero-order valence-electron chi connectivity index (χ0n) is 15.8. The molecule has 0 fully saturated rings. The second kappa shape index (κ2) is 9.15. The second-order valence-electron chi connectivity index (χ2n) is 5.75. The molecular weight excluding hydrogens is 332 g/mol. The van der Waals surface area contributed by atoms with E-state index in [-0.39, 0.29) is 6.61 Å². The van der Waals surface area contributed by atoms with Gasteiger partial charge in [0.25, 0.3) is 0 Å². The molecule has 0 saturated carbocycles. The van der Waals surface area contributed by atoms with Gasteiger partial charge in [-0.05, 0) is 59.4 Å². The van der Waals surface area contributed by atoms with Gasteiger partial charge in [0.15, 0.2) is 11.5 Å². The van der Waals surface area contributed by atoms with Crippen molar-refractivity contribution in [2.75, 3.05) is 35.0 Å². The zero-order chi connectivity index (χ0) is 19.1. The van der Waals surface area contributed by atoms with Crippen molar-refractivity contribution >= 4 is 5.57 Å². The highest BCUT2D eigenvalue weighted by molar-refractivity contribution is 5.81. The van der Waals surface area contributed by atoms with Crippen LogP contribution in [0.3, 0.4) is 0 Å². The Morgan fingerprint density at radius 2 is 1.46 bits per heavy atom. The third kappa shape index (κ3) is 4.11. The molecular formula is C21H26O5. The minimum absolute atomic E-state index is 0.140. The summed E-state index contributed by atoms with van der Waals surface area (Å²) in [6, 6.07) is 9.68. The van der Waals surface area contributed by atoms with Crippen molar-refractivity contribution in [2.45, 2.75) is 12.8 Å². The van der Waals surface area contributed by atoms with Gasteiger partial charge in [0, 0.05) is 6.61 Å². The van der Waals surface area contributed by atoms with E-state index in [2.05, 4.69) is 6.58 Å². The molecule has 1 N–H and O–H groups in total. The number of benzene rings is 2. The molecule has 0 unspecified atom stereocenters. The quantitative estimate of drug-likeness (QED) is 0.741. The topological polar surface area (TPSA) is 57.2 Å². The first-order valence-corrected chi connectivity index (χ1v) is 8.37. The molecule has 2 aromatic carbocycles. The summed E-state index contributed by atoms with van der Waals surface area (Å²) in [6.07, 6.45) is 1.41. The van der Waals surface area contributed by atoms with Gasteiger partial charge >= 0.3 is 0 Å². The van der Waals surface area contributed by atoms with Gasteiger partial charge in [0.1, 0.15) is 5.75 Å². The highest BCUT2D eigenvalue weighted by Crippen LogP contribution is 2.41. The molecule has 0 aliphatic heterocycles. The fraction of sp³-hybridized carbons (Fsp3) is 0.333. The molecule has 2 aromatic rings. The standard InChI is InChI=1S/C21H26O5/c1-14(15-8-9-18(23-2)16(11-15)7-6-10-22)17-12-19(24-3)21(26-5)20(13-17)25-4/h8-9,11-13,22H,1,6-7,10H2,2-5H3. The maximum atomic E-state index is 9.11. The summed E-state index contributed by atoms with van der Waals surface area (Å²) in [7, 11) is 6.39. The predicted octanol–water partition coefficient (Wildman–Crippen LogP) is 3.71. The number of aliphatic hydroxyl groups is 1. The van der Waals surface area contributed by atoms with Crippen LogP contribution in [0, 0.1) is 0 Å². The Kier molecular flexibility index (Phi) is 6.92. The van der Waals surface area contributed by atoms with Crippen LogP contribution in [-0.2, 0) is 6.42 Å². The van der Waals surface area contributed by atoms with E-state index in [9.17, 15) is 0 Å². The lowest BCUT2D eigenvalue weighted by Crippen LogP contribution is -1.99. The van der Waals surface area contributed by atoms with Gasteiger partial charge in [-0.3, -0.25) is 0 Å². The molecule has 0 spiro atoms. The normalized spacial score (nSPS) is 10.3. The van der Waals surface area contributed by atoms with E-state index in [1.807, 2.05) is 30.3 Å². The number of ether oxygens (including phenoxy) is 4. The Labute approximate surface area is 154 Å². The predicted molar refractivity (Wildman–Crippen MR) is 103 cm³/mol. The fourth-order valence-electron chi connectivity index (χ4n) is 2.85. The van der Waals surface area contributed by atoms with Gasteiger partial charge < -0.3 is 24.1 Å². The summed E-state index contributed by atoms with van der Waals surface area (Å²) >= 11 is 0. The van der Waals surface area contributed by atoms with Crippen LogP contribution in [0.1, 0.15) is 23.1 Å². The molecule has 0 amide bonds. The van der Waals surface area contributed by atoms with Crippen molar-refractivity contribution in [3.63, 3.8) is 0 Å². The summed E-state index contributed by atoms with van der Waals surface area (Å²) < 4.78 is 21.6. The van der Waals surface area contributed by atoms with E-state index in [1.165, 1.54) is 0 Å². The van der Waals surface area contributed by atoms with Crippen molar-refractivity contribution in [1.82, 2.24) is 0 Å². The molecule has 140 valence electrons. The van der Waals surface area contributed by atoms with Crippen molar-refractivity contribution < 1.29 is 24.1 Å². The molecule has 0 aliphatic rings. The summed E-state index contributed by atoms with van der Waals surface area (Å²) in [5.41, 5.74) is 3.70. The molecule has 2 rings (SSSR count). The lowest BCUT2D eigenvalue weighted by Gasteiger charge is -2.16. The second-order valence-corrected chi connectivity index (χ2v) is 5.75. The average Bonchev–Trinajstić information content (AvgIpc) is 2.70. The van der Waals surface area contributed by atoms with E-state index in [1.54, 1.807) is 28.4 Å². The number of hydrogen-bond acceptors (Lipinski definition) is 5. The van der Waals surface area contributed by atoms with Crippen LogP contribution in [0.25, 0.3) is 5.57 Å². The van der Waals surface area contributed by atoms with E-state index in [0.717, 1.165) is 34.4 Å². The highest BCUT2D eigenvalue weighted by Gasteiger charge is 2.16. The Morgan fingerprint density at radius 1 is 0.846 bits per heavy atom. The minimum atomic E-state index is 0.140. The summed E-state index contributed by atoms with van der Waals surface area (Å²) in [4.78, 5) is 0.